The van der Waals surface area contributed by atoms with Crippen molar-refractivity contribution < 1.29 is 0 Å². The number of hydrogen-bond acceptors (Lipinski definition) is 2. The number of hydrogen-bond donors (Lipinski definition) is 1. The molecule has 1 aliphatic rings. The molecule has 3 heteroatoms. The van der Waals surface area contributed by atoms with Gasteiger partial charge in [-0.25, -0.2) is 0 Å². The molecule has 0 heterocycles. The lowest BCUT2D eigenvalue weighted by atomic mass is 10.1. The van der Waals surface area contributed by atoms with Crippen LogP contribution in [0.25, 0.3) is 0 Å². The number of fused-ring (bicyclic) bond motifs is 1. The van der Waals surface area contributed by atoms with Crippen molar-refractivity contribution in [2.75, 3.05) is 7.05 Å². The summed E-state index contributed by atoms with van der Waals surface area (Å²) >= 11 is 8.20. The molecule has 0 saturated heterocycles. The Labute approximate surface area is 136 Å². The first-order chi connectivity index (χ1) is 10.2. The van der Waals surface area contributed by atoms with Gasteiger partial charge in [-0.2, -0.15) is 0 Å². The van der Waals surface area contributed by atoms with Gasteiger partial charge in [0, 0.05) is 15.8 Å². The maximum absolute atomic E-state index is 6.45. The fraction of sp³-hybridized carbons (Fsp3) is 0.333. The predicted octanol–water partition coefficient (Wildman–Crippen LogP) is 5.26. The molecule has 2 aromatic carbocycles. The van der Waals surface area contributed by atoms with Gasteiger partial charge in [-0.15, -0.1) is 0 Å². The Kier molecular flexibility index (Phi) is 4.58. The van der Waals surface area contributed by atoms with Gasteiger partial charge in [0.15, 0.2) is 0 Å². The van der Waals surface area contributed by atoms with E-state index in [-0.39, 0.29) is 0 Å². The Morgan fingerprint density at radius 3 is 2.67 bits per heavy atom. The van der Waals surface area contributed by atoms with Crippen LogP contribution < -0.4 is 5.32 Å². The molecular formula is C18H20ClNS. The molecule has 0 bridgehead atoms. The molecule has 110 valence electrons. The van der Waals surface area contributed by atoms with Gasteiger partial charge in [0.2, 0.25) is 0 Å². The quantitative estimate of drug-likeness (QED) is 0.825. The highest BCUT2D eigenvalue weighted by atomic mass is 35.5. The van der Waals surface area contributed by atoms with Crippen LogP contribution in [0.3, 0.4) is 0 Å². The molecule has 1 nitrogen and oxygen atoms in total. The molecule has 2 aromatic rings. The zero-order valence-electron chi connectivity index (χ0n) is 12.4. The van der Waals surface area contributed by atoms with Crippen molar-refractivity contribution >= 4 is 23.4 Å². The van der Waals surface area contributed by atoms with Gasteiger partial charge in [-0.3, -0.25) is 0 Å². The molecule has 1 aliphatic carbocycles. The molecule has 1 unspecified atom stereocenters. The van der Waals surface area contributed by atoms with Gasteiger partial charge in [0.1, 0.15) is 0 Å². The summed E-state index contributed by atoms with van der Waals surface area (Å²) in [7, 11) is 1.96. The van der Waals surface area contributed by atoms with E-state index in [9.17, 15) is 0 Å². The second kappa shape index (κ2) is 6.43. The van der Waals surface area contributed by atoms with Crippen LogP contribution in [0.5, 0.6) is 0 Å². The minimum absolute atomic E-state index is 0.321. The Hall–Kier alpha value is -0.960. The van der Waals surface area contributed by atoms with Crippen molar-refractivity contribution in [1.29, 1.82) is 0 Å². The Morgan fingerprint density at radius 2 is 1.90 bits per heavy atom. The van der Waals surface area contributed by atoms with Crippen molar-refractivity contribution in [1.82, 2.24) is 5.32 Å². The molecule has 0 aliphatic heterocycles. The average Bonchev–Trinajstić information content (AvgIpc) is 2.96. The van der Waals surface area contributed by atoms with Gasteiger partial charge in [0.25, 0.3) is 0 Å². The number of nitrogens with one attached hydrogen (secondary N) is 1. The van der Waals surface area contributed by atoms with E-state index in [2.05, 4.69) is 48.6 Å². The number of rotatable bonds is 4. The summed E-state index contributed by atoms with van der Waals surface area (Å²) in [4.78, 5) is 2.41. The summed E-state index contributed by atoms with van der Waals surface area (Å²) in [5, 5.41) is 4.07. The fourth-order valence-corrected chi connectivity index (χ4v) is 3.96. The largest absolute Gasteiger partial charge is 0.313 e. The highest BCUT2D eigenvalue weighted by Gasteiger charge is 2.12. The van der Waals surface area contributed by atoms with Crippen LogP contribution in [0, 0.1) is 0 Å². The van der Waals surface area contributed by atoms with Crippen molar-refractivity contribution in [2.24, 2.45) is 0 Å². The van der Waals surface area contributed by atoms with Crippen molar-refractivity contribution in [3.05, 3.63) is 58.1 Å². The van der Waals surface area contributed by atoms with Crippen molar-refractivity contribution in [3.8, 4) is 0 Å². The molecule has 0 saturated carbocycles. The summed E-state index contributed by atoms with van der Waals surface area (Å²) in [6.45, 7) is 2.14. The van der Waals surface area contributed by atoms with E-state index < -0.39 is 0 Å². The third-order valence-electron chi connectivity index (χ3n) is 4.19. The van der Waals surface area contributed by atoms with E-state index in [0.717, 1.165) is 9.92 Å². The van der Waals surface area contributed by atoms with E-state index in [1.807, 2.05) is 7.05 Å². The lowest BCUT2D eigenvalue weighted by Crippen LogP contribution is -2.12. The Balaban J connectivity index is 1.81. The van der Waals surface area contributed by atoms with E-state index in [1.54, 1.807) is 11.8 Å². The smallest absolute Gasteiger partial charge is 0.0548 e. The third kappa shape index (κ3) is 3.28. The standard InChI is InChI=1S/C18H20ClNS/c1-12(20-2)14-7-9-18(17(19)11-14)21-16-8-6-13-4-3-5-15(13)10-16/h6-12,20H,3-5H2,1-2H3. The molecule has 0 fully saturated rings. The van der Waals surface area contributed by atoms with Gasteiger partial charge < -0.3 is 5.32 Å². The van der Waals surface area contributed by atoms with E-state index in [4.69, 9.17) is 11.6 Å². The molecule has 21 heavy (non-hydrogen) atoms. The van der Waals surface area contributed by atoms with Crippen LogP contribution >= 0.6 is 23.4 Å². The first kappa shape index (κ1) is 15.0. The molecule has 3 rings (SSSR count). The minimum atomic E-state index is 0.321. The normalized spacial score (nSPS) is 15.0. The molecule has 1 atom stereocenters. The zero-order valence-corrected chi connectivity index (χ0v) is 14.0. The van der Waals surface area contributed by atoms with Crippen molar-refractivity contribution in [3.63, 3.8) is 0 Å². The maximum Gasteiger partial charge on any atom is 0.0548 e. The van der Waals surface area contributed by atoms with Crippen LogP contribution in [0.15, 0.2) is 46.2 Å². The van der Waals surface area contributed by atoms with Gasteiger partial charge in [0.05, 0.1) is 5.02 Å². The van der Waals surface area contributed by atoms with Gasteiger partial charge in [-0.1, -0.05) is 35.5 Å². The number of halogens is 1. The van der Waals surface area contributed by atoms with Crippen molar-refractivity contribution in [2.45, 2.75) is 42.0 Å². The highest BCUT2D eigenvalue weighted by Crippen LogP contribution is 2.36. The van der Waals surface area contributed by atoms with E-state index in [0.29, 0.717) is 6.04 Å². The Bertz CT molecular complexity index is 654. The summed E-state index contributed by atoms with van der Waals surface area (Å²) in [6, 6.07) is 13.5. The summed E-state index contributed by atoms with van der Waals surface area (Å²) < 4.78 is 0. The van der Waals surface area contributed by atoms with Gasteiger partial charge >= 0.3 is 0 Å². The molecular weight excluding hydrogens is 298 g/mol. The third-order valence-corrected chi connectivity index (χ3v) is 5.68. The van der Waals surface area contributed by atoms with Crippen LogP contribution in [-0.4, -0.2) is 7.05 Å². The van der Waals surface area contributed by atoms with Crippen LogP contribution in [0.4, 0.5) is 0 Å². The first-order valence-electron chi connectivity index (χ1n) is 7.44. The Morgan fingerprint density at radius 1 is 1.10 bits per heavy atom. The minimum Gasteiger partial charge on any atom is -0.313 e. The van der Waals surface area contributed by atoms with Crippen LogP contribution in [0.1, 0.15) is 36.1 Å². The lowest BCUT2D eigenvalue weighted by Gasteiger charge is -2.13. The molecule has 0 amide bonds. The van der Waals surface area contributed by atoms with Crippen LogP contribution in [-0.2, 0) is 12.8 Å². The second-order valence-electron chi connectivity index (χ2n) is 5.59. The lowest BCUT2D eigenvalue weighted by molar-refractivity contribution is 0.652. The van der Waals surface area contributed by atoms with Crippen LogP contribution in [0.2, 0.25) is 5.02 Å². The SMILES string of the molecule is CNC(C)c1ccc(Sc2ccc3c(c2)CCC3)c(Cl)c1. The molecule has 0 radical (unpaired) electrons. The molecule has 1 N–H and O–H groups in total. The van der Waals surface area contributed by atoms with E-state index >= 15 is 0 Å². The highest BCUT2D eigenvalue weighted by molar-refractivity contribution is 7.99. The first-order valence-corrected chi connectivity index (χ1v) is 8.63. The summed E-state index contributed by atoms with van der Waals surface area (Å²) in [6.07, 6.45) is 3.74. The monoisotopic (exact) mass is 317 g/mol. The second-order valence-corrected chi connectivity index (χ2v) is 7.11. The maximum atomic E-state index is 6.45. The summed E-state index contributed by atoms with van der Waals surface area (Å²) in [5.41, 5.74) is 4.25. The fourth-order valence-electron chi connectivity index (χ4n) is 2.77. The van der Waals surface area contributed by atoms with E-state index in [1.165, 1.54) is 40.8 Å². The number of aryl methyl sites for hydroxylation is 2. The number of benzene rings is 2. The average molecular weight is 318 g/mol. The topological polar surface area (TPSA) is 12.0 Å². The predicted molar refractivity (Wildman–Crippen MR) is 91.5 cm³/mol. The molecule has 0 aromatic heterocycles. The summed E-state index contributed by atoms with van der Waals surface area (Å²) in [5.74, 6) is 0. The van der Waals surface area contributed by atoms with Gasteiger partial charge in [-0.05, 0) is 74.2 Å². The molecule has 0 spiro atoms. The zero-order chi connectivity index (χ0) is 14.8.